The van der Waals surface area contributed by atoms with Crippen molar-refractivity contribution in [3.05, 3.63) is 35.9 Å². The van der Waals surface area contributed by atoms with E-state index in [1.807, 2.05) is 37.3 Å². The molecule has 0 spiro atoms. The molecule has 1 atom stereocenters. The number of nitrogens with zero attached hydrogens (tertiary/aromatic N) is 2. The predicted octanol–water partition coefficient (Wildman–Crippen LogP) is 2.30. The Kier molecular flexibility index (Phi) is 8.06. The summed E-state index contributed by atoms with van der Waals surface area (Å²) in [5, 5.41) is 0. The van der Waals surface area contributed by atoms with Crippen molar-refractivity contribution in [3.63, 3.8) is 0 Å². The van der Waals surface area contributed by atoms with Gasteiger partial charge in [0.25, 0.3) is 0 Å². The minimum Gasteiger partial charge on any atom is -0.445 e. The molecule has 0 aromatic heterocycles. The van der Waals surface area contributed by atoms with Gasteiger partial charge in [0.15, 0.2) is 0 Å². The molecule has 0 aliphatic carbocycles. The molecule has 0 saturated carbocycles. The lowest BCUT2D eigenvalue weighted by Gasteiger charge is -2.37. The fourth-order valence-electron chi connectivity index (χ4n) is 3.33. The highest BCUT2D eigenvalue weighted by molar-refractivity contribution is 5.90. The summed E-state index contributed by atoms with van der Waals surface area (Å²) in [4.78, 5) is 29.2. The van der Waals surface area contributed by atoms with E-state index in [1.165, 1.54) is 0 Å². The molecule has 0 N–H and O–H groups in total. The number of rotatable bonds is 9. The van der Waals surface area contributed by atoms with Gasteiger partial charge in [-0.15, -0.1) is 0 Å². The lowest BCUT2D eigenvalue weighted by molar-refractivity contribution is -0.142. The van der Waals surface area contributed by atoms with E-state index >= 15 is 0 Å². The summed E-state index contributed by atoms with van der Waals surface area (Å²) in [5.41, 5.74) is 0.00908. The number of methoxy groups -OCH3 is 2. The lowest BCUT2D eigenvalue weighted by Crippen LogP contribution is -2.57. The van der Waals surface area contributed by atoms with Gasteiger partial charge >= 0.3 is 6.09 Å². The van der Waals surface area contributed by atoms with Gasteiger partial charge in [-0.2, -0.15) is 0 Å². The predicted molar refractivity (Wildman–Crippen MR) is 101 cm³/mol. The van der Waals surface area contributed by atoms with Crippen LogP contribution < -0.4 is 0 Å². The van der Waals surface area contributed by atoms with Crippen molar-refractivity contribution in [2.45, 2.75) is 31.9 Å². The molecule has 0 radical (unpaired) electrons. The first kappa shape index (κ1) is 21.2. The molecule has 7 heteroatoms. The van der Waals surface area contributed by atoms with Gasteiger partial charge in [-0.1, -0.05) is 30.3 Å². The van der Waals surface area contributed by atoms with Gasteiger partial charge in [-0.25, -0.2) is 4.79 Å². The summed E-state index contributed by atoms with van der Waals surface area (Å²) in [6.45, 7) is 4.31. The Balaban J connectivity index is 2.05. The summed E-state index contributed by atoms with van der Waals surface area (Å²) in [7, 11) is 3.20. The topological polar surface area (TPSA) is 68.3 Å². The minimum atomic E-state index is -0.907. The Morgan fingerprint density at radius 1 is 1.11 bits per heavy atom. The molecule has 1 saturated heterocycles. The molecule has 2 amide bonds. The molecule has 27 heavy (non-hydrogen) atoms. The van der Waals surface area contributed by atoms with Crippen LogP contribution in [0.3, 0.4) is 0 Å². The van der Waals surface area contributed by atoms with E-state index in [0.29, 0.717) is 39.3 Å². The Morgan fingerprint density at radius 2 is 1.74 bits per heavy atom. The summed E-state index contributed by atoms with van der Waals surface area (Å²) in [6, 6.07) is 9.51. The van der Waals surface area contributed by atoms with Gasteiger partial charge in [0, 0.05) is 33.9 Å². The quantitative estimate of drug-likeness (QED) is 0.660. The van der Waals surface area contributed by atoms with Crippen molar-refractivity contribution in [1.29, 1.82) is 0 Å². The molecule has 7 nitrogen and oxygen atoms in total. The van der Waals surface area contributed by atoms with Crippen LogP contribution in [0.15, 0.2) is 30.3 Å². The number of amides is 2. The Hall–Kier alpha value is -2.12. The second-order valence-corrected chi connectivity index (χ2v) is 6.85. The summed E-state index contributed by atoms with van der Waals surface area (Å²) >= 11 is 0. The Morgan fingerprint density at radius 3 is 2.33 bits per heavy atom. The lowest BCUT2D eigenvalue weighted by atomic mass is 9.97. The van der Waals surface area contributed by atoms with Crippen LogP contribution in [0.2, 0.25) is 0 Å². The van der Waals surface area contributed by atoms with Crippen LogP contribution in [0.25, 0.3) is 0 Å². The van der Waals surface area contributed by atoms with Crippen LogP contribution in [0.1, 0.15) is 25.3 Å². The fraction of sp³-hybridized carbons (Fsp3) is 0.600. The first-order valence-electron chi connectivity index (χ1n) is 9.28. The molecule has 1 aromatic carbocycles. The second-order valence-electron chi connectivity index (χ2n) is 6.85. The highest BCUT2D eigenvalue weighted by atomic mass is 16.6. The van der Waals surface area contributed by atoms with E-state index < -0.39 is 11.6 Å². The third kappa shape index (κ3) is 5.43. The maximum Gasteiger partial charge on any atom is 0.410 e. The van der Waals surface area contributed by atoms with Gasteiger partial charge in [0.1, 0.15) is 12.1 Å². The summed E-state index contributed by atoms with van der Waals surface area (Å²) in [5.74, 6) is -0.0919. The molecule has 1 fully saturated rings. The molecular weight excluding hydrogens is 348 g/mol. The van der Waals surface area contributed by atoms with Crippen LogP contribution in [0, 0.1) is 0 Å². The fourth-order valence-corrected chi connectivity index (χ4v) is 3.33. The van der Waals surface area contributed by atoms with Gasteiger partial charge in [-0.3, -0.25) is 9.69 Å². The molecule has 1 aliphatic rings. The molecule has 150 valence electrons. The number of carbonyl (C=O) groups excluding carboxylic acids is 2. The molecule has 1 aliphatic heterocycles. The number of hydrogen-bond donors (Lipinski definition) is 0. The monoisotopic (exact) mass is 378 g/mol. The molecule has 1 unspecified atom stereocenters. The van der Waals surface area contributed by atoms with E-state index in [-0.39, 0.29) is 12.5 Å². The number of ether oxygens (including phenoxy) is 3. The van der Waals surface area contributed by atoms with Crippen LogP contribution in [0.4, 0.5) is 4.79 Å². The third-order valence-corrected chi connectivity index (χ3v) is 4.95. The number of likely N-dealkylation sites (tertiary alicyclic amines) is 1. The summed E-state index contributed by atoms with van der Waals surface area (Å²) in [6.07, 6.45) is 0.930. The maximum absolute atomic E-state index is 13.2. The smallest absolute Gasteiger partial charge is 0.410 e. The second kappa shape index (κ2) is 10.3. The van der Waals surface area contributed by atoms with E-state index in [9.17, 15) is 9.59 Å². The zero-order chi connectivity index (χ0) is 19.7. The van der Waals surface area contributed by atoms with Crippen LogP contribution in [-0.4, -0.2) is 74.4 Å². The zero-order valence-corrected chi connectivity index (χ0v) is 16.5. The summed E-state index contributed by atoms with van der Waals surface area (Å²) < 4.78 is 15.7. The molecule has 2 rings (SSSR count). The maximum atomic E-state index is 13.2. The van der Waals surface area contributed by atoms with Gasteiger partial charge in [0.05, 0.1) is 13.2 Å². The van der Waals surface area contributed by atoms with Gasteiger partial charge in [0.2, 0.25) is 5.91 Å². The van der Waals surface area contributed by atoms with Gasteiger partial charge in [-0.05, 0) is 25.3 Å². The molecular formula is C20H30N2O5. The highest BCUT2D eigenvalue weighted by Crippen LogP contribution is 2.31. The minimum absolute atomic E-state index is 0.0919. The van der Waals surface area contributed by atoms with E-state index in [0.717, 1.165) is 12.0 Å². The van der Waals surface area contributed by atoms with Crippen molar-refractivity contribution in [3.8, 4) is 0 Å². The average Bonchev–Trinajstić information content (AvgIpc) is 3.09. The molecule has 1 aromatic rings. The van der Waals surface area contributed by atoms with E-state index in [1.54, 1.807) is 24.0 Å². The average molecular weight is 378 g/mol. The normalized spacial score (nSPS) is 19.1. The number of benzene rings is 1. The van der Waals surface area contributed by atoms with Crippen LogP contribution >= 0.6 is 0 Å². The SMILES string of the molecule is COCCN(CCOC)C(=O)C1(C)CCCN1C(=O)OCc1ccccc1. The van der Waals surface area contributed by atoms with Crippen molar-refractivity contribution in [2.24, 2.45) is 0 Å². The first-order chi connectivity index (χ1) is 13.0. The van der Waals surface area contributed by atoms with E-state index in [4.69, 9.17) is 14.2 Å². The number of hydrogen-bond acceptors (Lipinski definition) is 5. The highest BCUT2D eigenvalue weighted by Gasteiger charge is 2.48. The van der Waals surface area contributed by atoms with Crippen molar-refractivity contribution < 1.29 is 23.8 Å². The largest absolute Gasteiger partial charge is 0.445 e. The molecule has 1 heterocycles. The Bertz CT molecular complexity index is 602. The van der Waals surface area contributed by atoms with Gasteiger partial charge < -0.3 is 19.1 Å². The first-order valence-corrected chi connectivity index (χ1v) is 9.28. The van der Waals surface area contributed by atoms with Crippen molar-refractivity contribution in [2.75, 3.05) is 47.1 Å². The third-order valence-electron chi connectivity index (χ3n) is 4.95. The van der Waals surface area contributed by atoms with Crippen molar-refractivity contribution >= 4 is 12.0 Å². The number of carbonyl (C=O) groups is 2. The van der Waals surface area contributed by atoms with E-state index in [2.05, 4.69) is 0 Å². The molecule has 0 bridgehead atoms. The zero-order valence-electron chi connectivity index (χ0n) is 16.5. The van der Waals surface area contributed by atoms with Crippen LogP contribution in [0.5, 0.6) is 0 Å². The Labute approximate surface area is 161 Å². The van der Waals surface area contributed by atoms with Crippen molar-refractivity contribution in [1.82, 2.24) is 9.80 Å². The standard InChI is InChI=1S/C20H30N2O5/c1-20(18(23)21(12-14-25-2)13-15-26-3)10-7-11-22(20)19(24)27-16-17-8-5-4-6-9-17/h4-6,8-9H,7,10-16H2,1-3H3. The van der Waals surface area contributed by atoms with Crippen LogP contribution in [-0.2, 0) is 25.6 Å².